The van der Waals surface area contributed by atoms with Crippen molar-refractivity contribution in [3.05, 3.63) is 397 Å². The summed E-state index contributed by atoms with van der Waals surface area (Å²) in [6.45, 7) is 0. The van der Waals surface area contributed by atoms with E-state index in [4.69, 9.17) is 15.0 Å². The molecule has 0 saturated carbocycles. The average Bonchev–Trinajstić information content (AvgIpc) is 1.69. The molecule has 0 saturated heterocycles. The molecule has 8 nitrogen and oxygen atoms in total. The second kappa shape index (κ2) is 26.4. The van der Waals surface area contributed by atoms with Gasteiger partial charge in [-0.25, -0.2) is 15.0 Å². The Kier molecular flexibility index (Phi) is 15.7. The van der Waals surface area contributed by atoms with Crippen LogP contribution in [-0.2, 0) is 0 Å². The van der Waals surface area contributed by atoms with Crippen molar-refractivity contribution < 1.29 is 0 Å². The highest BCUT2D eigenvalue weighted by molar-refractivity contribution is 6.12. The predicted octanol–water partition coefficient (Wildman–Crippen LogP) is 22.9. The topological polar surface area (TPSA) is 87.6 Å². The lowest BCUT2D eigenvalue weighted by atomic mass is 9.93. The maximum absolute atomic E-state index is 14.4. The van der Waals surface area contributed by atoms with E-state index >= 15 is 0 Å². The molecule has 0 aliphatic rings. The summed E-state index contributed by atoms with van der Waals surface area (Å²) >= 11 is 0. The monoisotopic (exact) mass is 1320 g/mol. The second-order valence-electron chi connectivity index (χ2n) is 25.8. The summed E-state index contributed by atoms with van der Waals surface area (Å²) < 4.78 is 6.02. The van der Waals surface area contributed by atoms with Crippen LogP contribution in [0.1, 0.15) is 0 Å². The van der Waals surface area contributed by atoms with Crippen molar-refractivity contribution >= 4 is 65.2 Å². The summed E-state index contributed by atoms with van der Waals surface area (Å²) in [4.78, 5) is 42.7. The summed E-state index contributed by atoms with van der Waals surface area (Å²) in [6, 6.07) is 129. The van der Waals surface area contributed by atoms with E-state index in [1.165, 1.54) is 32.9 Å². The number of fused-ring (bicyclic) bond motifs is 9. The Morgan fingerprint density at radius 2 is 0.437 bits per heavy atom. The van der Waals surface area contributed by atoms with Crippen LogP contribution in [-0.4, -0.2) is 28.7 Å². The van der Waals surface area contributed by atoms with Gasteiger partial charge in [-0.15, -0.1) is 0 Å². The minimum atomic E-state index is -0.0313. The Balaban J connectivity index is 0.000000152. The minimum absolute atomic E-state index is 0.0303. The fourth-order valence-electron chi connectivity index (χ4n) is 14.6. The van der Waals surface area contributed by atoms with Crippen molar-refractivity contribution in [1.29, 1.82) is 0 Å². The van der Waals surface area contributed by atoms with Crippen molar-refractivity contribution in [3.8, 4) is 107 Å². The summed E-state index contributed by atoms with van der Waals surface area (Å²) in [5.41, 5.74) is 20.8. The Morgan fingerprint density at radius 1 is 0.165 bits per heavy atom. The second-order valence-corrected chi connectivity index (χ2v) is 25.8. The first-order chi connectivity index (χ1) is 50.9. The molecule has 0 radical (unpaired) electrons. The average molecular weight is 1320 g/mol. The fraction of sp³-hybridized carbons (Fsp3) is 0. The van der Waals surface area contributed by atoms with E-state index in [2.05, 4.69) is 235 Å². The van der Waals surface area contributed by atoms with Crippen molar-refractivity contribution in [1.82, 2.24) is 28.7 Å². The molecule has 484 valence electrons. The van der Waals surface area contributed by atoms with Crippen molar-refractivity contribution in [2.75, 3.05) is 0 Å². The molecule has 8 heteroatoms. The molecule has 103 heavy (non-hydrogen) atoms. The van der Waals surface area contributed by atoms with E-state index < -0.39 is 0 Å². The molecule has 0 aliphatic carbocycles. The van der Waals surface area contributed by atoms with E-state index in [9.17, 15) is 9.59 Å². The number of nitrogens with zero attached hydrogens (tertiary/aromatic N) is 6. The molecule has 0 spiro atoms. The van der Waals surface area contributed by atoms with Gasteiger partial charge in [-0.3, -0.25) is 18.7 Å². The van der Waals surface area contributed by atoms with Gasteiger partial charge < -0.3 is 4.57 Å². The molecule has 0 fully saturated rings. The quantitative estimate of drug-likeness (QED) is 0.120. The van der Waals surface area contributed by atoms with Crippen LogP contribution in [0.4, 0.5) is 0 Å². The predicted molar refractivity (Wildman–Crippen MR) is 425 cm³/mol. The Bertz CT molecular complexity index is 6440. The minimum Gasteiger partial charge on any atom is -0.309 e. The Labute approximate surface area is 593 Å². The molecule has 0 aliphatic heterocycles. The molecule has 0 amide bonds. The van der Waals surface area contributed by atoms with Gasteiger partial charge in [0, 0.05) is 66.1 Å². The maximum atomic E-state index is 14.4. The zero-order valence-corrected chi connectivity index (χ0v) is 55.8. The highest BCUT2D eigenvalue weighted by Gasteiger charge is 2.20. The lowest BCUT2D eigenvalue weighted by Crippen LogP contribution is -2.19. The van der Waals surface area contributed by atoms with E-state index in [0.29, 0.717) is 28.2 Å². The third kappa shape index (κ3) is 11.5. The molecule has 0 N–H and O–H groups in total. The van der Waals surface area contributed by atoms with Gasteiger partial charge >= 0.3 is 0 Å². The van der Waals surface area contributed by atoms with E-state index in [1.807, 2.05) is 150 Å². The number of rotatable bonds is 11. The zero-order chi connectivity index (χ0) is 68.7. The largest absolute Gasteiger partial charge is 0.309 e. The fourth-order valence-corrected chi connectivity index (χ4v) is 14.6. The van der Waals surface area contributed by atoms with Crippen LogP contribution in [0.2, 0.25) is 0 Å². The van der Waals surface area contributed by atoms with Crippen molar-refractivity contribution in [2.45, 2.75) is 0 Å². The van der Waals surface area contributed by atoms with Gasteiger partial charge in [0.25, 0.3) is 11.1 Å². The van der Waals surface area contributed by atoms with Gasteiger partial charge in [0.1, 0.15) is 0 Å². The van der Waals surface area contributed by atoms with Gasteiger partial charge in [-0.05, 0) is 176 Å². The standard InChI is InChI=1S/C55H36N2O.C40H26N4O/c58-55-49-22-11-10-20-47(49)50-35-40(41-26-30-53-51(36-41)48-21-12-13-23-52(48)56(53)45-18-8-3-9-19-45)27-31-54(50)57(55)46-28-24-39(25-29-46)44-33-42(37-14-4-1-5-15-37)32-43(34-44)38-16-6-2-7-17-38;45-40-35-20-8-7-18-33(35)34-19-9-10-21-36(34)44(40)32-24-22-27(23-25-32)30-16-11-17-31(26-30)39-42-37(28-12-3-1-4-13-28)41-38(43-39)29-14-5-2-6-15-29/h1-36H;1-26H. The van der Waals surface area contributed by atoms with Crippen molar-refractivity contribution in [2.24, 2.45) is 0 Å². The van der Waals surface area contributed by atoms with Crippen LogP contribution in [0, 0.1) is 0 Å². The molecule has 4 aromatic heterocycles. The maximum Gasteiger partial charge on any atom is 0.263 e. The summed E-state index contributed by atoms with van der Waals surface area (Å²) in [5.74, 6) is 1.86. The molecular formula is C95H62N6O2. The van der Waals surface area contributed by atoms with E-state index in [0.717, 1.165) is 111 Å². The number of aromatic nitrogens is 6. The first kappa shape index (κ1) is 61.4. The lowest BCUT2D eigenvalue weighted by Gasteiger charge is -2.16. The molecule has 0 bridgehead atoms. The third-order valence-corrected chi connectivity index (χ3v) is 19.6. The van der Waals surface area contributed by atoms with Crippen molar-refractivity contribution in [3.63, 3.8) is 0 Å². The van der Waals surface area contributed by atoms with Crippen LogP contribution in [0.25, 0.3) is 172 Å². The number of para-hydroxylation sites is 3. The Morgan fingerprint density at radius 3 is 0.913 bits per heavy atom. The number of pyridine rings is 2. The van der Waals surface area contributed by atoms with Gasteiger partial charge in [-0.2, -0.15) is 0 Å². The van der Waals surface area contributed by atoms with E-state index in [1.54, 1.807) is 4.57 Å². The molecule has 19 aromatic rings. The van der Waals surface area contributed by atoms with Crippen LogP contribution in [0.5, 0.6) is 0 Å². The molecule has 4 heterocycles. The van der Waals surface area contributed by atoms with Crippen LogP contribution in [0.3, 0.4) is 0 Å². The molecule has 19 rings (SSSR count). The van der Waals surface area contributed by atoms with Crippen LogP contribution in [0.15, 0.2) is 386 Å². The van der Waals surface area contributed by atoms with Gasteiger partial charge in [-0.1, -0.05) is 267 Å². The van der Waals surface area contributed by atoms with Crippen LogP contribution >= 0.6 is 0 Å². The zero-order valence-electron chi connectivity index (χ0n) is 55.8. The van der Waals surface area contributed by atoms with Gasteiger partial charge in [0.2, 0.25) is 0 Å². The first-order valence-electron chi connectivity index (χ1n) is 34.5. The number of benzene rings is 15. The highest BCUT2D eigenvalue weighted by atomic mass is 16.1. The molecule has 15 aromatic carbocycles. The smallest absolute Gasteiger partial charge is 0.263 e. The number of hydrogen-bond donors (Lipinski definition) is 0. The van der Waals surface area contributed by atoms with E-state index in [-0.39, 0.29) is 11.1 Å². The SMILES string of the molecule is O=c1c2ccccc2c2cc(-c3ccc4c(c3)c3ccccc3n4-c3ccccc3)ccc2n1-c1ccc(-c2cc(-c3ccccc3)cc(-c3ccccc3)c2)cc1.O=c1c2ccccc2c2ccccc2n1-c1ccc(-c2cccc(-c3nc(-c4ccccc4)nc(-c4ccccc4)n3)c2)cc1. The summed E-state index contributed by atoms with van der Waals surface area (Å²) in [6.07, 6.45) is 0. The van der Waals surface area contributed by atoms with Gasteiger partial charge in [0.15, 0.2) is 17.5 Å². The Hall–Kier alpha value is -14.0. The molecular weight excluding hydrogens is 1260 g/mol. The van der Waals surface area contributed by atoms with Gasteiger partial charge in [0.05, 0.1) is 22.1 Å². The first-order valence-corrected chi connectivity index (χ1v) is 34.5. The third-order valence-electron chi connectivity index (χ3n) is 19.6. The van der Waals surface area contributed by atoms with Crippen LogP contribution < -0.4 is 11.1 Å². The number of hydrogen-bond acceptors (Lipinski definition) is 5. The summed E-state index contributed by atoms with van der Waals surface area (Å²) in [7, 11) is 0. The normalized spacial score (nSPS) is 11.4. The summed E-state index contributed by atoms with van der Waals surface area (Å²) in [5, 5.41) is 7.82. The molecule has 0 unspecified atom stereocenters. The lowest BCUT2D eigenvalue weighted by molar-refractivity contribution is 1.06. The highest BCUT2D eigenvalue weighted by Crippen LogP contribution is 2.39. The molecule has 0 atom stereocenters.